The zero-order valence-corrected chi connectivity index (χ0v) is 16.1. The molecule has 27 heavy (non-hydrogen) atoms. The Hall–Kier alpha value is -2.97. The van der Waals surface area contributed by atoms with Crippen molar-refractivity contribution < 1.29 is 9.53 Å². The summed E-state index contributed by atoms with van der Waals surface area (Å²) in [6.07, 6.45) is 7.07. The molecule has 0 saturated carbocycles. The number of thioether (sulfide) groups is 1. The molecule has 0 aliphatic carbocycles. The number of aliphatic imine (C=N–C) groups is 1. The molecule has 136 valence electrons. The topological polar surface area (TPSA) is 41.9 Å². The molecule has 4 nitrogen and oxygen atoms in total. The number of hydrogen-bond acceptors (Lipinski definition) is 4. The molecule has 0 spiro atoms. The van der Waals surface area contributed by atoms with E-state index in [1.165, 1.54) is 11.8 Å². The van der Waals surface area contributed by atoms with Crippen LogP contribution in [0.2, 0.25) is 0 Å². The lowest BCUT2D eigenvalue weighted by Crippen LogP contribution is -2.28. The van der Waals surface area contributed by atoms with Crippen LogP contribution in [-0.2, 0) is 4.79 Å². The van der Waals surface area contributed by atoms with Crippen molar-refractivity contribution in [1.29, 1.82) is 0 Å². The molecule has 0 radical (unpaired) electrons. The number of hydrogen-bond donors (Lipinski definition) is 0. The lowest BCUT2D eigenvalue weighted by molar-refractivity contribution is -0.122. The molecule has 1 saturated heterocycles. The van der Waals surface area contributed by atoms with E-state index in [2.05, 4.69) is 5.92 Å². The molecule has 0 unspecified atom stereocenters. The Kier molecular flexibility index (Phi) is 6.00. The van der Waals surface area contributed by atoms with Gasteiger partial charge in [0.05, 0.1) is 10.6 Å². The Morgan fingerprint density at radius 2 is 1.96 bits per heavy atom. The SMILES string of the molecule is C#CCOc1ccc(/C=C2\SC(=Nc3ccccc3C)N(CC)C2=O)cc1. The molecule has 1 aliphatic rings. The number of carbonyl (C=O) groups is 1. The van der Waals surface area contributed by atoms with E-state index in [1.807, 2.05) is 68.5 Å². The minimum absolute atomic E-state index is 0.0255. The van der Waals surface area contributed by atoms with E-state index in [9.17, 15) is 4.79 Å². The lowest BCUT2D eigenvalue weighted by Gasteiger charge is -2.12. The van der Waals surface area contributed by atoms with Crippen molar-refractivity contribution in [1.82, 2.24) is 4.90 Å². The van der Waals surface area contributed by atoms with Gasteiger partial charge in [-0.2, -0.15) is 0 Å². The number of nitrogens with zero attached hydrogens (tertiary/aromatic N) is 2. The Labute approximate surface area is 163 Å². The molecular formula is C22H20N2O2S. The highest BCUT2D eigenvalue weighted by Crippen LogP contribution is 2.34. The van der Waals surface area contributed by atoms with Crippen LogP contribution >= 0.6 is 11.8 Å². The minimum atomic E-state index is -0.0255. The van der Waals surface area contributed by atoms with Crippen molar-refractivity contribution in [3.63, 3.8) is 0 Å². The van der Waals surface area contributed by atoms with E-state index >= 15 is 0 Å². The van der Waals surface area contributed by atoms with Crippen LogP contribution in [0, 0.1) is 19.3 Å². The van der Waals surface area contributed by atoms with E-state index in [-0.39, 0.29) is 12.5 Å². The molecule has 1 aliphatic heterocycles. The van der Waals surface area contributed by atoms with Crippen molar-refractivity contribution in [2.75, 3.05) is 13.2 Å². The van der Waals surface area contributed by atoms with Crippen LogP contribution in [0.1, 0.15) is 18.1 Å². The Bertz CT molecular complexity index is 940. The van der Waals surface area contributed by atoms with Crippen molar-refractivity contribution >= 4 is 34.6 Å². The van der Waals surface area contributed by atoms with Gasteiger partial charge in [0.2, 0.25) is 0 Å². The average molecular weight is 376 g/mol. The van der Waals surface area contributed by atoms with Crippen LogP contribution in [-0.4, -0.2) is 29.1 Å². The van der Waals surface area contributed by atoms with Gasteiger partial charge in [0.15, 0.2) is 5.17 Å². The second-order valence-corrected chi connectivity index (χ2v) is 6.91. The fraction of sp³-hybridized carbons (Fsp3) is 0.182. The Morgan fingerprint density at radius 1 is 1.22 bits per heavy atom. The van der Waals surface area contributed by atoms with Gasteiger partial charge in [0.1, 0.15) is 12.4 Å². The molecule has 1 heterocycles. The lowest BCUT2D eigenvalue weighted by atomic mass is 10.2. The van der Waals surface area contributed by atoms with Gasteiger partial charge in [0.25, 0.3) is 5.91 Å². The van der Waals surface area contributed by atoms with Gasteiger partial charge in [0, 0.05) is 6.54 Å². The van der Waals surface area contributed by atoms with Crippen LogP contribution in [0.25, 0.3) is 6.08 Å². The number of rotatable bonds is 5. The standard InChI is InChI=1S/C22H20N2O2S/c1-4-14-26-18-12-10-17(11-13-18)15-20-21(25)24(5-2)22(27-20)23-19-9-7-6-8-16(19)3/h1,6-13,15H,5,14H2,2-3H3/b20-15-,23-22?. The van der Waals surface area contributed by atoms with Gasteiger partial charge in [-0.1, -0.05) is 36.3 Å². The third-order valence-corrected chi connectivity index (χ3v) is 5.04. The maximum Gasteiger partial charge on any atom is 0.266 e. The van der Waals surface area contributed by atoms with Gasteiger partial charge in [-0.3, -0.25) is 9.69 Å². The smallest absolute Gasteiger partial charge is 0.266 e. The third kappa shape index (κ3) is 4.42. The van der Waals surface area contributed by atoms with Crippen LogP contribution in [0.5, 0.6) is 5.75 Å². The third-order valence-electron chi connectivity index (χ3n) is 4.04. The van der Waals surface area contributed by atoms with E-state index in [0.717, 1.165) is 16.8 Å². The fourth-order valence-electron chi connectivity index (χ4n) is 2.60. The normalized spacial score (nSPS) is 16.8. The van der Waals surface area contributed by atoms with Crippen LogP contribution in [0.15, 0.2) is 58.4 Å². The molecule has 2 aromatic rings. The average Bonchev–Trinajstić information content (AvgIpc) is 2.97. The number of benzene rings is 2. The summed E-state index contributed by atoms with van der Waals surface area (Å²) < 4.78 is 5.37. The molecule has 3 rings (SSSR count). The first-order valence-electron chi connectivity index (χ1n) is 8.64. The molecule has 1 fully saturated rings. The second kappa shape index (κ2) is 8.61. The number of ether oxygens (including phenoxy) is 1. The molecular weight excluding hydrogens is 356 g/mol. The largest absolute Gasteiger partial charge is 0.481 e. The zero-order chi connectivity index (χ0) is 19.2. The number of terminal acetylenes is 1. The second-order valence-electron chi connectivity index (χ2n) is 5.90. The van der Waals surface area contributed by atoms with E-state index in [1.54, 1.807) is 4.90 Å². The van der Waals surface area contributed by atoms with Gasteiger partial charge in [-0.25, -0.2) is 4.99 Å². The quantitative estimate of drug-likeness (QED) is 0.564. The number of para-hydroxylation sites is 1. The summed E-state index contributed by atoms with van der Waals surface area (Å²) in [5, 5.41) is 0.706. The number of amidine groups is 1. The van der Waals surface area contributed by atoms with Gasteiger partial charge in [-0.15, -0.1) is 6.42 Å². The Balaban J connectivity index is 1.85. The van der Waals surface area contributed by atoms with Crippen molar-refractivity contribution in [2.24, 2.45) is 4.99 Å². The van der Waals surface area contributed by atoms with Crippen molar-refractivity contribution in [3.05, 3.63) is 64.6 Å². The molecule has 5 heteroatoms. The van der Waals surface area contributed by atoms with Gasteiger partial charge in [-0.05, 0) is 61.0 Å². The van der Waals surface area contributed by atoms with Crippen molar-refractivity contribution in [3.8, 4) is 18.1 Å². The highest BCUT2D eigenvalue weighted by atomic mass is 32.2. The predicted molar refractivity (Wildman–Crippen MR) is 112 cm³/mol. The fourth-order valence-corrected chi connectivity index (χ4v) is 3.65. The van der Waals surface area contributed by atoms with Gasteiger partial charge >= 0.3 is 0 Å². The van der Waals surface area contributed by atoms with E-state index in [4.69, 9.17) is 16.2 Å². The van der Waals surface area contributed by atoms with Gasteiger partial charge < -0.3 is 4.74 Å². The molecule has 1 amide bonds. The highest BCUT2D eigenvalue weighted by Gasteiger charge is 2.32. The minimum Gasteiger partial charge on any atom is -0.481 e. The molecule has 0 atom stereocenters. The van der Waals surface area contributed by atoms with Crippen LogP contribution in [0.4, 0.5) is 5.69 Å². The van der Waals surface area contributed by atoms with Crippen LogP contribution < -0.4 is 4.74 Å². The first kappa shape index (κ1) is 18.8. The summed E-state index contributed by atoms with van der Waals surface area (Å²) in [6, 6.07) is 15.4. The summed E-state index contributed by atoms with van der Waals surface area (Å²) in [6.45, 7) is 4.77. The van der Waals surface area contributed by atoms with E-state index in [0.29, 0.717) is 22.4 Å². The maximum absolute atomic E-state index is 12.7. The summed E-state index contributed by atoms with van der Waals surface area (Å²) in [4.78, 5) is 19.8. The van der Waals surface area contributed by atoms with Crippen molar-refractivity contribution in [2.45, 2.75) is 13.8 Å². The molecule has 0 bridgehead atoms. The summed E-state index contributed by atoms with van der Waals surface area (Å²) in [5.74, 6) is 3.12. The maximum atomic E-state index is 12.7. The zero-order valence-electron chi connectivity index (χ0n) is 15.3. The molecule has 0 N–H and O–H groups in total. The van der Waals surface area contributed by atoms with E-state index < -0.39 is 0 Å². The number of aryl methyl sites for hydroxylation is 1. The Morgan fingerprint density at radius 3 is 2.63 bits per heavy atom. The number of carbonyl (C=O) groups excluding carboxylic acids is 1. The molecule has 2 aromatic carbocycles. The monoisotopic (exact) mass is 376 g/mol. The highest BCUT2D eigenvalue weighted by molar-refractivity contribution is 8.18. The first-order chi connectivity index (χ1) is 13.1. The number of likely N-dealkylation sites (N-methyl/N-ethyl adjacent to an activating group) is 1. The number of amides is 1. The summed E-state index contributed by atoms with van der Waals surface area (Å²) >= 11 is 1.40. The van der Waals surface area contributed by atoms with Crippen LogP contribution in [0.3, 0.4) is 0 Å². The summed E-state index contributed by atoms with van der Waals surface area (Å²) in [5.41, 5.74) is 2.88. The summed E-state index contributed by atoms with van der Waals surface area (Å²) in [7, 11) is 0. The molecule has 0 aromatic heterocycles. The first-order valence-corrected chi connectivity index (χ1v) is 9.46. The predicted octanol–water partition coefficient (Wildman–Crippen LogP) is 4.63.